The zero-order valence-corrected chi connectivity index (χ0v) is 20.4. The van der Waals surface area contributed by atoms with Crippen LogP contribution in [0.15, 0.2) is 30.6 Å². The molecule has 3 aromatic heterocycles. The lowest BCUT2D eigenvalue weighted by Gasteiger charge is -2.18. The zero-order chi connectivity index (χ0) is 23.8. The third kappa shape index (κ3) is 6.39. The topological polar surface area (TPSA) is 103 Å². The fraction of sp³-hybridized carbons (Fsp3) is 0.458. The van der Waals surface area contributed by atoms with E-state index in [1.807, 2.05) is 23.8 Å². The summed E-state index contributed by atoms with van der Waals surface area (Å²) in [6.45, 7) is 6.62. The van der Waals surface area contributed by atoms with Crippen molar-refractivity contribution in [3.8, 4) is 11.1 Å². The van der Waals surface area contributed by atoms with E-state index in [2.05, 4.69) is 35.4 Å². The number of nitrogens with zero attached hydrogens (tertiary/aromatic N) is 3. The summed E-state index contributed by atoms with van der Waals surface area (Å²) >= 11 is 0. The van der Waals surface area contributed by atoms with E-state index in [1.54, 1.807) is 6.92 Å². The predicted octanol–water partition coefficient (Wildman–Crippen LogP) is 3.20. The van der Waals surface area contributed by atoms with Gasteiger partial charge in [0.15, 0.2) is 10.7 Å². The predicted molar refractivity (Wildman–Crippen MR) is 129 cm³/mol. The van der Waals surface area contributed by atoms with E-state index in [-0.39, 0.29) is 11.8 Å². The molecule has 0 aliphatic heterocycles. The molecule has 0 saturated heterocycles. The number of fused-ring (bicyclic) bond motifs is 1. The van der Waals surface area contributed by atoms with Crippen molar-refractivity contribution in [2.45, 2.75) is 59.4 Å². The second kappa shape index (κ2) is 11.9. The summed E-state index contributed by atoms with van der Waals surface area (Å²) in [5.41, 5.74) is 7.04. The number of thiol groups is 1. The van der Waals surface area contributed by atoms with Crippen LogP contribution in [0.1, 0.15) is 55.6 Å². The normalized spacial score (nSPS) is 11.4. The summed E-state index contributed by atoms with van der Waals surface area (Å²) in [5.74, 6) is -0.292. The number of esters is 1. The fourth-order valence-electron chi connectivity index (χ4n) is 4.02. The van der Waals surface area contributed by atoms with Gasteiger partial charge in [0.1, 0.15) is 0 Å². The van der Waals surface area contributed by atoms with Crippen molar-refractivity contribution in [3.63, 3.8) is 0 Å². The van der Waals surface area contributed by atoms with Gasteiger partial charge in [0.25, 0.3) is 0 Å². The standard InChI is InChI=1S/C24H32N4O4S/c1-4-19-10-11-22-24(18-12-17(3)13-25-14-18)20(8-6-7-9-23(29)32-5-2)21(27-28(19)22)15-26-16-33(30)31/h10-14,26,33H,4-9,15-16H2,1-3H3. The van der Waals surface area contributed by atoms with Gasteiger partial charge in [-0.1, -0.05) is 6.92 Å². The van der Waals surface area contributed by atoms with Gasteiger partial charge in [0.05, 0.1) is 23.7 Å². The minimum Gasteiger partial charge on any atom is -0.466 e. The second-order valence-corrected chi connectivity index (χ2v) is 8.94. The van der Waals surface area contributed by atoms with Gasteiger partial charge >= 0.3 is 5.97 Å². The molecule has 0 aromatic carbocycles. The minimum atomic E-state index is -2.53. The highest BCUT2D eigenvalue weighted by molar-refractivity contribution is 7.72. The Hall–Kier alpha value is -2.78. The Labute approximate surface area is 196 Å². The Morgan fingerprint density at radius 1 is 1.18 bits per heavy atom. The molecule has 0 aliphatic carbocycles. The van der Waals surface area contributed by atoms with E-state index in [9.17, 15) is 13.2 Å². The summed E-state index contributed by atoms with van der Waals surface area (Å²) in [4.78, 5) is 16.2. The molecule has 0 amide bonds. The number of rotatable bonds is 12. The molecule has 178 valence electrons. The second-order valence-electron chi connectivity index (χ2n) is 7.96. The number of unbranched alkanes of at least 4 members (excludes halogenated alkanes) is 1. The summed E-state index contributed by atoms with van der Waals surface area (Å²) < 4.78 is 29.2. The monoisotopic (exact) mass is 472 g/mol. The molecular formula is C24H32N4O4S. The number of hydrogen-bond donors (Lipinski definition) is 2. The Kier molecular flexibility index (Phi) is 8.96. The number of hydrogen-bond acceptors (Lipinski definition) is 7. The maximum Gasteiger partial charge on any atom is 0.305 e. The summed E-state index contributed by atoms with van der Waals surface area (Å²) in [6, 6.07) is 6.26. The molecule has 1 N–H and O–H groups in total. The maximum atomic E-state index is 11.7. The molecule has 0 bridgehead atoms. The number of ether oxygens (including phenoxy) is 1. The first-order chi connectivity index (χ1) is 15.9. The van der Waals surface area contributed by atoms with E-state index in [4.69, 9.17) is 9.84 Å². The van der Waals surface area contributed by atoms with Gasteiger partial charge in [-0.25, -0.2) is 12.9 Å². The Balaban J connectivity index is 2.05. The van der Waals surface area contributed by atoms with Crippen molar-refractivity contribution in [1.82, 2.24) is 19.9 Å². The molecule has 3 aromatic rings. The molecule has 0 aliphatic rings. The van der Waals surface area contributed by atoms with Gasteiger partial charge < -0.3 is 4.74 Å². The lowest BCUT2D eigenvalue weighted by Crippen LogP contribution is -2.20. The first-order valence-corrected chi connectivity index (χ1v) is 12.7. The van der Waals surface area contributed by atoms with Gasteiger partial charge in [-0.3, -0.25) is 15.1 Å². The van der Waals surface area contributed by atoms with Crippen LogP contribution in [0.25, 0.3) is 16.6 Å². The lowest BCUT2D eigenvalue weighted by atomic mass is 9.94. The van der Waals surface area contributed by atoms with Crippen molar-refractivity contribution in [1.29, 1.82) is 0 Å². The van der Waals surface area contributed by atoms with Gasteiger partial charge in [0.2, 0.25) is 0 Å². The molecule has 0 saturated carbocycles. The Bertz CT molecular complexity index is 1180. The van der Waals surface area contributed by atoms with Gasteiger partial charge in [0, 0.05) is 42.2 Å². The molecule has 0 atom stereocenters. The Morgan fingerprint density at radius 3 is 2.70 bits per heavy atom. The number of pyridine rings is 1. The molecule has 0 spiro atoms. The molecule has 9 heteroatoms. The SMILES string of the molecule is CCOC(=O)CCCCc1c(CNC[SH](=O)=O)nn2c(CC)ccc2c1-c1cncc(C)c1. The average molecular weight is 473 g/mol. The van der Waals surface area contributed by atoms with Crippen LogP contribution in [-0.2, 0) is 39.6 Å². The maximum absolute atomic E-state index is 11.7. The number of nitrogens with one attached hydrogen (secondary N) is 1. The number of aryl methyl sites for hydroxylation is 2. The molecule has 3 heterocycles. The average Bonchev–Trinajstić information content (AvgIpc) is 3.19. The molecular weight excluding hydrogens is 440 g/mol. The number of aromatic nitrogens is 3. The molecule has 8 nitrogen and oxygen atoms in total. The van der Waals surface area contributed by atoms with Crippen LogP contribution in [0.3, 0.4) is 0 Å². The molecule has 33 heavy (non-hydrogen) atoms. The van der Waals surface area contributed by atoms with Crippen LogP contribution >= 0.6 is 0 Å². The summed E-state index contributed by atoms with van der Waals surface area (Å²) in [5, 5.41) is 7.89. The number of carbonyl (C=O) groups is 1. The molecule has 0 fully saturated rings. The Morgan fingerprint density at radius 2 is 2.00 bits per heavy atom. The van der Waals surface area contributed by atoms with Gasteiger partial charge in [-0.05, 0) is 68.9 Å². The van der Waals surface area contributed by atoms with Gasteiger partial charge in [-0.2, -0.15) is 5.10 Å². The highest BCUT2D eigenvalue weighted by Gasteiger charge is 2.19. The van der Waals surface area contributed by atoms with E-state index in [0.717, 1.165) is 52.0 Å². The summed E-state index contributed by atoms with van der Waals surface area (Å²) in [6.07, 6.45) is 7.08. The van der Waals surface area contributed by atoms with E-state index >= 15 is 0 Å². The first kappa shape index (κ1) is 24.9. The molecule has 3 rings (SSSR count). The highest BCUT2D eigenvalue weighted by Crippen LogP contribution is 2.33. The lowest BCUT2D eigenvalue weighted by molar-refractivity contribution is -0.143. The van der Waals surface area contributed by atoms with Crippen molar-refractivity contribution in [2.75, 3.05) is 12.5 Å². The van der Waals surface area contributed by atoms with Gasteiger partial charge in [-0.15, -0.1) is 0 Å². The largest absolute Gasteiger partial charge is 0.466 e. The summed E-state index contributed by atoms with van der Waals surface area (Å²) in [7, 11) is -2.53. The number of carbonyl (C=O) groups excluding carboxylic acids is 1. The smallest absolute Gasteiger partial charge is 0.305 e. The van der Waals surface area contributed by atoms with Crippen LogP contribution in [0, 0.1) is 6.92 Å². The first-order valence-electron chi connectivity index (χ1n) is 11.4. The van der Waals surface area contributed by atoms with E-state index in [0.29, 0.717) is 32.4 Å². The van der Waals surface area contributed by atoms with Crippen molar-refractivity contribution in [2.24, 2.45) is 0 Å². The highest BCUT2D eigenvalue weighted by atomic mass is 32.2. The van der Waals surface area contributed by atoms with Crippen LogP contribution in [0.4, 0.5) is 0 Å². The van der Waals surface area contributed by atoms with Crippen molar-refractivity contribution >= 4 is 22.2 Å². The quantitative estimate of drug-likeness (QED) is 0.237. The van der Waals surface area contributed by atoms with Crippen molar-refractivity contribution in [3.05, 3.63) is 53.1 Å². The van der Waals surface area contributed by atoms with Crippen LogP contribution in [-0.4, -0.2) is 41.5 Å². The molecule has 0 unspecified atom stereocenters. The zero-order valence-electron chi connectivity index (χ0n) is 19.5. The third-order valence-electron chi connectivity index (χ3n) is 5.48. The van der Waals surface area contributed by atoms with Crippen LogP contribution in [0.2, 0.25) is 0 Å². The van der Waals surface area contributed by atoms with Crippen LogP contribution < -0.4 is 5.32 Å². The molecule has 0 radical (unpaired) electrons. The fourth-order valence-corrected chi connectivity index (χ4v) is 4.32. The van der Waals surface area contributed by atoms with E-state index in [1.165, 1.54) is 0 Å². The van der Waals surface area contributed by atoms with Crippen molar-refractivity contribution < 1.29 is 17.9 Å². The third-order valence-corrected chi connectivity index (χ3v) is 5.96. The van der Waals surface area contributed by atoms with Crippen LogP contribution in [0.5, 0.6) is 0 Å². The van der Waals surface area contributed by atoms with E-state index < -0.39 is 10.7 Å². The minimum absolute atomic E-state index is 0.106.